The molecule has 1 atom stereocenters. The number of carbonyl (C=O) groups excluding carboxylic acids is 1. The van der Waals surface area contributed by atoms with Crippen molar-refractivity contribution in [2.75, 3.05) is 18.0 Å². The van der Waals surface area contributed by atoms with E-state index in [0.29, 0.717) is 25.2 Å². The number of hydrogen-bond acceptors (Lipinski definition) is 5. The molecule has 0 bridgehead atoms. The Balaban J connectivity index is 1.46. The molecule has 2 aromatic heterocycles. The number of rotatable bonds is 3. The van der Waals surface area contributed by atoms with Gasteiger partial charge in [0.05, 0.1) is 28.9 Å². The molecule has 6 rings (SSSR count). The summed E-state index contributed by atoms with van der Waals surface area (Å²) in [6.07, 6.45) is 2.90. The van der Waals surface area contributed by atoms with E-state index in [0.717, 1.165) is 51.8 Å². The van der Waals surface area contributed by atoms with Crippen LogP contribution in [0, 0.1) is 24.2 Å². The second kappa shape index (κ2) is 7.68. The number of nitriles is 1. The number of benzene rings is 2. The minimum atomic E-state index is -0.100. The van der Waals surface area contributed by atoms with Crippen LogP contribution in [-0.4, -0.2) is 38.3 Å². The molecule has 0 saturated carbocycles. The number of hydrogen-bond donors (Lipinski definition) is 1. The summed E-state index contributed by atoms with van der Waals surface area (Å²) in [6, 6.07) is 18.0. The van der Waals surface area contributed by atoms with Crippen LogP contribution in [0.4, 0.5) is 5.69 Å². The first-order chi connectivity index (χ1) is 16.6. The lowest BCUT2D eigenvalue weighted by Crippen LogP contribution is -2.30. The van der Waals surface area contributed by atoms with E-state index >= 15 is 0 Å². The molecule has 1 saturated heterocycles. The number of anilines is 1. The Kier molecular flexibility index (Phi) is 4.61. The van der Waals surface area contributed by atoms with Gasteiger partial charge in [0.25, 0.3) is 0 Å². The first kappa shape index (κ1) is 20.4. The number of aryl methyl sites for hydroxylation is 1. The van der Waals surface area contributed by atoms with Gasteiger partial charge in [-0.05, 0) is 60.9 Å². The van der Waals surface area contributed by atoms with Gasteiger partial charge in [-0.2, -0.15) is 5.26 Å². The van der Waals surface area contributed by atoms with Gasteiger partial charge in [0.15, 0.2) is 5.82 Å². The molecule has 2 aliphatic rings. The lowest BCUT2D eigenvalue weighted by atomic mass is 10.1. The van der Waals surface area contributed by atoms with Gasteiger partial charge in [0.2, 0.25) is 5.91 Å². The number of fused-ring (bicyclic) bond motifs is 5. The van der Waals surface area contributed by atoms with Crippen LogP contribution in [-0.2, 0) is 11.3 Å². The SMILES string of the molecule is Cc1nnc2n1-c1ccc(N3CCC(CN)C3=O)cc1Cn1cc(-c3ccc(C#N)cc3)cc1-2. The molecule has 1 unspecified atom stereocenters. The van der Waals surface area contributed by atoms with Crippen LogP contribution in [0.2, 0.25) is 0 Å². The molecule has 8 nitrogen and oxygen atoms in total. The molecular weight excluding hydrogens is 426 g/mol. The number of amides is 1. The van der Waals surface area contributed by atoms with Crippen molar-refractivity contribution in [3.05, 3.63) is 71.7 Å². The van der Waals surface area contributed by atoms with Crippen molar-refractivity contribution in [3.8, 4) is 34.4 Å². The van der Waals surface area contributed by atoms with E-state index in [2.05, 4.69) is 49.8 Å². The fourth-order valence-corrected chi connectivity index (χ4v) is 5.02. The minimum Gasteiger partial charge on any atom is -0.340 e. The maximum Gasteiger partial charge on any atom is 0.231 e. The Hall–Kier alpha value is -4.22. The van der Waals surface area contributed by atoms with E-state index in [-0.39, 0.29) is 11.8 Å². The Morgan fingerprint density at radius 2 is 1.94 bits per heavy atom. The van der Waals surface area contributed by atoms with Crippen molar-refractivity contribution in [2.45, 2.75) is 19.9 Å². The molecule has 0 aliphatic carbocycles. The summed E-state index contributed by atoms with van der Waals surface area (Å²) >= 11 is 0. The quantitative estimate of drug-likeness (QED) is 0.455. The molecule has 4 aromatic rings. The van der Waals surface area contributed by atoms with E-state index in [1.165, 1.54) is 0 Å². The highest BCUT2D eigenvalue weighted by molar-refractivity contribution is 5.97. The first-order valence-electron chi connectivity index (χ1n) is 11.3. The molecular formula is C26H23N7O. The largest absolute Gasteiger partial charge is 0.340 e. The molecule has 34 heavy (non-hydrogen) atoms. The van der Waals surface area contributed by atoms with Gasteiger partial charge in [-0.15, -0.1) is 10.2 Å². The lowest BCUT2D eigenvalue weighted by molar-refractivity contribution is -0.120. The van der Waals surface area contributed by atoms with E-state index < -0.39 is 0 Å². The van der Waals surface area contributed by atoms with Crippen LogP contribution in [0.1, 0.15) is 23.4 Å². The normalized spacial score (nSPS) is 16.6. The molecule has 2 aromatic carbocycles. The number of carbonyl (C=O) groups is 1. The molecule has 0 radical (unpaired) electrons. The van der Waals surface area contributed by atoms with Gasteiger partial charge in [0, 0.05) is 37.1 Å². The number of nitrogens with zero attached hydrogens (tertiary/aromatic N) is 6. The maximum absolute atomic E-state index is 12.8. The summed E-state index contributed by atoms with van der Waals surface area (Å²) in [5.41, 5.74) is 12.5. The van der Waals surface area contributed by atoms with Crippen molar-refractivity contribution >= 4 is 11.6 Å². The van der Waals surface area contributed by atoms with Gasteiger partial charge in [-0.1, -0.05) is 12.1 Å². The summed E-state index contributed by atoms with van der Waals surface area (Å²) in [4.78, 5) is 14.6. The highest BCUT2D eigenvalue weighted by Crippen LogP contribution is 2.36. The number of nitrogens with two attached hydrogens (primary N) is 1. The van der Waals surface area contributed by atoms with Crippen LogP contribution in [0.15, 0.2) is 54.7 Å². The first-order valence-corrected chi connectivity index (χ1v) is 11.3. The van der Waals surface area contributed by atoms with Crippen LogP contribution in [0.5, 0.6) is 0 Å². The topological polar surface area (TPSA) is 106 Å². The van der Waals surface area contributed by atoms with Gasteiger partial charge in [0.1, 0.15) is 5.82 Å². The third-order valence-electron chi connectivity index (χ3n) is 6.86. The summed E-state index contributed by atoms with van der Waals surface area (Å²) in [7, 11) is 0. The molecule has 8 heteroatoms. The van der Waals surface area contributed by atoms with E-state index in [9.17, 15) is 4.79 Å². The van der Waals surface area contributed by atoms with Gasteiger partial charge >= 0.3 is 0 Å². The van der Waals surface area contributed by atoms with Crippen LogP contribution < -0.4 is 10.6 Å². The van der Waals surface area contributed by atoms with Crippen molar-refractivity contribution in [3.63, 3.8) is 0 Å². The summed E-state index contributed by atoms with van der Waals surface area (Å²) in [5.74, 6) is 1.59. The Morgan fingerprint density at radius 3 is 2.68 bits per heavy atom. The van der Waals surface area contributed by atoms with Crippen molar-refractivity contribution in [1.82, 2.24) is 19.3 Å². The molecule has 1 fully saturated rings. The van der Waals surface area contributed by atoms with E-state index in [1.54, 1.807) is 0 Å². The fourth-order valence-electron chi connectivity index (χ4n) is 5.02. The maximum atomic E-state index is 12.8. The Morgan fingerprint density at radius 1 is 1.12 bits per heavy atom. The minimum absolute atomic E-state index is 0.0991. The molecule has 4 heterocycles. The molecule has 0 spiro atoms. The molecule has 168 valence electrons. The van der Waals surface area contributed by atoms with Crippen molar-refractivity contribution < 1.29 is 4.79 Å². The van der Waals surface area contributed by atoms with Gasteiger partial charge < -0.3 is 15.2 Å². The second-order valence-electron chi connectivity index (χ2n) is 8.86. The molecule has 2 N–H and O–H groups in total. The predicted octanol–water partition coefficient (Wildman–Crippen LogP) is 3.26. The van der Waals surface area contributed by atoms with Gasteiger partial charge in [-0.25, -0.2) is 0 Å². The van der Waals surface area contributed by atoms with E-state index in [4.69, 9.17) is 11.0 Å². The molecule has 1 amide bonds. The average molecular weight is 450 g/mol. The average Bonchev–Trinajstić information content (AvgIpc) is 3.54. The Labute approximate surface area is 196 Å². The van der Waals surface area contributed by atoms with Crippen molar-refractivity contribution in [1.29, 1.82) is 5.26 Å². The third-order valence-corrected chi connectivity index (χ3v) is 6.86. The Bertz CT molecular complexity index is 1470. The van der Waals surface area contributed by atoms with Crippen LogP contribution in [0.3, 0.4) is 0 Å². The van der Waals surface area contributed by atoms with Crippen molar-refractivity contribution in [2.24, 2.45) is 11.7 Å². The standard InChI is InChI=1S/C26H23N7O/c1-16-29-30-25-24-11-20(18-4-2-17(12-27)3-5-18)14-31(24)15-21-10-22(6-7-23(21)33(16)25)32-9-8-19(13-28)26(32)34/h2-7,10-11,14,19H,8-9,13,15,28H2,1H3. The van der Waals surface area contributed by atoms with Gasteiger partial charge in [-0.3, -0.25) is 9.36 Å². The zero-order chi connectivity index (χ0) is 23.4. The highest BCUT2D eigenvalue weighted by Gasteiger charge is 2.32. The smallest absolute Gasteiger partial charge is 0.231 e. The summed E-state index contributed by atoms with van der Waals surface area (Å²) in [5, 5.41) is 18.0. The van der Waals surface area contributed by atoms with Crippen LogP contribution in [0.25, 0.3) is 28.3 Å². The fraction of sp³-hybridized carbons (Fsp3) is 0.231. The second-order valence-corrected chi connectivity index (χ2v) is 8.86. The highest BCUT2D eigenvalue weighted by atomic mass is 16.2. The monoisotopic (exact) mass is 449 g/mol. The predicted molar refractivity (Wildman–Crippen MR) is 128 cm³/mol. The van der Waals surface area contributed by atoms with E-state index in [1.807, 2.05) is 42.2 Å². The number of aromatic nitrogens is 4. The lowest BCUT2D eigenvalue weighted by Gasteiger charge is -2.19. The molecule has 2 aliphatic heterocycles. The zero-order valence-corrected chi connectivity index (χ0v) is 18.8. The third kappa shape index (κ3) is 3.05. The summed E-state index contributed by atoms with van der Waals surface area (Å²) < 4.78 is 4.26. The zero-order valence-electron chi connectivity index (χ0n) is 18.8. The summed E-state index contributed by atoms with van der Waals surface area (Å²) in [6.45, 7) is 3.66. The van der Waals surface area contributed by atoms with Crippen LogP contribution >= 0.6 is 0 Å².